The molecule has 0 heterocycles. The van der Waals surface area contributed by atoms with Gasteiger partial charge in [-0.2, -0.15) is 0 Å². The lowest BCUT2D eigenvalue weighted by molar-refractivity contribution is -0.149. The summed E-state index contributed by atoms with van der Waals surface area (Å²) in [6, 6.07) is 0.359. The Kier molecular flexibility index (Phi) is 8.02. The quantitative estimate of drug-likeness (QED) is 0.648. The third kappa shape index (κ3) is 6.36. The highest BCUT2D eigenvalue weighted by atomic mass is 16.5. The van der Waals surface area contributed by atoms with E-state index in [-0.39, 0.29) is 11.9 Å². The summed E-state index contributed by atoms with van der Waals surface area (Å²) in [7, 11) is 1.59. The average molecular weight is 273 g/mol. The van der Waals surface area contributed by atoms with Crippen LogP contribution in [0.3, 0.4) is 0 Å². The summed E-state index contributed by atoms with van der Waals surface area (Å²) in [6.07, 6.45) is 4.19. The summed E-state index contributed by atoms with van der Waals surface area (Å²) in [5.41, 5.74) is 0. The predicted octanol–water partition coefficient (Wildman–Crippen LogP) is 1.10. The van der Waals surface area contributed by atoms with Crippen molar-refractivity contribution < 1.29 is 19.4 Å². The van der Waals surface area contributed by atoms with Crippen LogP contribution in [0.15, 0.2) is 0 Å². The van der Waals surface area contributed by atoms with Gasteiger partial charge in [0.05, 0.1) is 25.2 Å². The number of hydrogen-bond acceptors (Lipinski definition) is 5. The smallest absolute Gasteiger partial charge is 0.308 e. The fraction of sp³-hybridized carbons (Fsp3) is 0.929. The summed E-state index contributed by atoms with van der Waals surface area (Å²) in [5, 5.41) is 13.0. The van der Waals surface area contributed by atoms with Crippen molar-refractivity contribution in [2.24, 2.45) is 5.92 Å². The van der Waals surface area contributed by atoms with Crippen molar-refractivity contribution in [3.05, 3.63) is 0 Å². The summed E-state index contributed by atoms with van der Waals surface area (Å²) >= 11 is 0. The maximum absolute atomic E-state index is 11.7. The molecular weight excluding hydrogens is 246 g/mol. The molecule has 0 radical (unpaired) electrons. The van der Waals surface area contributed by atoms with Gasteiger partial charge in [0.25, 0.3) is 0 Å². The van der Waals surface area contributed by atoms with Crippen molar-refractivity contribution in [3.63, 3.8) is 0 Å². The van der Waals surface area contributed by atoms with Gasteiger partial charge in [-0.1, -0.05) is 6.42 Å². The zero-order valence-corrected chi connectivity index (χ0v) is 12.1. The maximum atomic E-state index is 11.7. The second-order valence-corrected chi connectivity index (χ2v) is 5.16. The molecule has 0 bridgehead atoms. The molecule has 0 aromatic rings. The van der Waals surface area contributed by atoms with Gasteiger partial charge in [0.1, 0.15) is 0 Å². The van der Waals surface area contributed by atoms with Gasteiger partial charge in [0.15, 0.2) is 0 Å². The highest BCUT2D eigenvalue weighted by Crippen LogP contribution is 2.25. The Bertz CT molecular complexity index is 260. The lowest BCUT2D eigenvalue weighted by Crippen LogP contribution is -2.38. The van der Waals surface area contributed by atoms with Crippen LogP contribution in [0, 0.1) is 5.92 Å². The summed E-state index contributed by atoms with van der Waals surface area (Å²) in [5.74, 6) is -0.0245. The highest BCUT2D eigenvalue weighted by Gasteiger charge is 2.27. The molecule has 0 amide bonds. The van der Waals surface area contributed by atoms with Gasteiger partial charge in [-0.3, -0.25) is 4.79 Å². The van der Waals surface area contributed by atoms with E-state index in [1.165, 1.54) is 0 Å². The Morgan fingerprint density at radius 1 is 1.47 bits per heavy atom. The van der Waals surface area contributed by atoms with E-state index in [0.717, 1.165) is 32.2 Å². The first-order chi connectivity index (χ1) is 9.17. The molecule has 2 N–H and O–H groups in total. The summed E-state index contributed by atoms with van der Waals surface area (Å²) < 4.78 is 9.96. The van der Waals surface area contributed by atoms with Crippen LogP contribution in [-0.2, 0) is 14.3 Å². The van der Waals surface area contributed by atoms with Gasteiger partial charge in [-0.25, -0.2) is 0 Å². The lowest BCUT2D eigenvalue weighted by Gasteiger charge is -2.28. The normalized spacial score (nSPS) is 25.0. The van der Waals surface area contributed by atoms with Gasteiger partial charge in [0, 0.05) is 13.2 Å². The molecule has 0 aliphatic heterocycles. The van der Waals surface area contributed by atoms with E-state index in [0.29, 0.717) is 25.7 Å². The number of hydrogen-bond donors (Lipinski definition) is 2. The molecule has 1 saturated carbocycles. The van der Waals surface area contributed by atoms with Crippen molar-refractivity contribution in [1.29, 1.82) is 0 Å². The Hall–Kier alpha value is -0.650. The minimum atomic E-state index is -0.415. The molecule has 1 aliphatic rings. The van der Waals surface area contributed by atoms with Crippen LogP contribution in [0.5, 0.6) is 0 Å². The van der Waals surface area contributed by atoms with Crippen molar-refractivity contribution in [3.8, 4) is 0 Å². The molecule has 3 unspecified atom stereocenters. The van der Waals surface area contributed by atoms with Gasteiger partial charge in [0.2, 0.25) is 0 Å². The van der Waals surface area contributed by atoms with Crippen molar-refractivity contribution in [2.75, 3.05) is 26.9 Å². The van der Waals surface area contributed by atoms with E-state index in [1.807, 2.05) is 6.92 Å². The van der Waals surface area contributed by atoms with Crippen molar-refractivity contribution in [2.45, 2.75) is 51.2 Å². The molecular formula is C14H27NO4. The molecule has 0 spiro atoms. The lowest BCUT2D eigenvalue weighted by atomic mass is 9.85. The SMILES string of the molecule is CCOC(=O)C1CCCC(NCCC(O)COC)C1. The van der Waals surface area contributed by atoms with Crippen LogP contribution < -0.4 is 5.32 Å². The Balaban J connectivity index is 2.21. The average Bonchev–Trinajstić information content (AvgIpc) is 2.40. The largest absolute Gasteiger partial charge is 0.466 e. The van der Waals surface area contributed by atoms with Gasteiger partial charge >= 0.3 is 5.97 Å². The van der Waals surface area contributed by atoms with Crippen LogP contribution in [-0.4, -0.2) is 50.1 Å². The number of carbonyl (C=O) groups excluding carboxylic acids is 1. The zero-order valence-electron chi connectivity index (χ0n) is 12.1. The van der Waals surface area contributed by atoms with Crippen LogP contribution >= 0.6 is 0 Å². The number of nitrogens with one attached hydrogen (secondary N) is 1. The van der Waals surface area contributed by atoms with E-state index >= 15 is 0 Å². The monoisotopic (exact) mass is 273 g/mol. The van der Waals surface area contributed by atoms with Crippen molar-refractivity contribution in [1.82, 2.24) is 5.32 Å². The Morgan fingerprint density at radius 2 is 2.26 bits per heavy atom. The first-order valence-electron chi connectivity index (χ1n) is 7.24. The molecule has 0 aromatic carbocycles. The molecule has 5 heteroatoms. The molecule has 0 saturated heterocycles. The van der Waals surface area contributed by atoms with Gasteiger partial charge in [-0.15, -0.1) is 0 Å². The molecule has 1 fully saturated rings. The first kappa shape index (κ1) is 16.4. The van der Waals surface area contributed by atoms with Crippen LogP contribution in [0.1, 0.15) is 39.0 Å². The molecule has 1 aliphatic carbocycles. The van der Waals surface area contributed by atoms with Crippen molar-refractivity contribution >= 4 is 5.97 Å². The zero-order chi connectivity index (χ0) is 14.1. The van der Waals surface area contributed by atoms with E-state index in [2.05, 4.69) is 5.32 Å². The third-order valence-corrected chi connectivity index (χ3v) is 3.56. The molecule has 1 rings (SSSR count). The highest BCUT2D eigenvalue weighted by molar-refractivity contribution is 5.72. The summed E-state index contributed by atoms with van der Waals surface area (Å²) in [6.45, 7) is 3.42. The number of aliphatic hydroxyl groups is 1. The van der Waals surface area contributed by atoms with Gasteiger partial charge in [-0.05, 0) is 39.2 Å². The molecule has 19 heavy (non-hydrogen) atoms. The number of ether oxygens (including phenoxy) is 2. The van der Waals surface area contributed by atoms with E-state index in [1.54, 1.807) is 7.11 Å². The number of methoxy groups -OCH3 is 1. The minimum Gasteiger partial charge on any atom is -0.466 e. The van der Waals surface area contributed by atoms with E-state index in [9.17, 15) is 9.90 Å². The van der Waals surface area contributed by atoms with E-state index in [4.69, 9.17) is 9.47 Å². The molecule has 5 nitrogen and oxygen atoms in total. The number of rotatable bonds is 8. The fourth-order valence-electron chi connectivity index (χ4n) is 2.58. The molecule has 112 valence electrons. The van der Waals surface area contributed by atoms with Gasteiger partial charge < -0.3 is 19.9 Å². The van der Waals surface area contributed by atoms with Crippen LogP contribution in [0.25, 0.3) is 0 Å². The number of esters is 1. The second-order valence-electron chi connectivity index (χ2n) is 5.16. The predicted molar refractivity (Wildman–Crippen MR) is 72.9 cm³/mol. The molecule has 3 atom stereocenters. The molecule has 0 aromatic heterocycles. The Morgan fingerprint density at radius 3 is 2.95 bits per heavy atom. The topological polar surface area (TPSA) is 67.8 Å². The van der Waals surface area contributed by atoms with Crippen LogP contribution in [0.2, 0.25) is 0 Å². The number of aliphatic hydroxyl groups excluding tert-OH is 1. The number of carbonyl (C=O) groups is 1. The fourth-order valence-corrected chi connectivity index (χ4v) is 2.58. The van der Waals surface area contributed by atoms with Crippen LogP contribution in [0.4, 0.5) is 0 Å². The van der Waals surface area contributed by atoms with E-state index < -0.39 is 6.10 Å². The standard InChI is InChI=1S/C14H27NO4/c1-3-19-14(17)11-5-4-6-12(9-11)15-8-7-13(16)10-18-2/h11-13,15-16H,3-10H2,1-2H3. The third-order valence-electron chi connectivity index (χ3n) is 3.56. The Labute approximate surface area is 115 Å². The minimum absolute atomic E-state index is 0.0371. The maximum Gasteiger partial charge on any atom is 0.308 e. The second kappa shape index (κ2) is 9.28. The first-order valence-corrected chi connectivity index (χ1v) is 7.24. The summed E-state index contributed by atoms with van der Waals surface area (Å²) in [4.78, 5) is 11.7.